The van der Waals surface area contributed by atoms with Crippen molar-refractivity contribution in [1.29, 1.82) is 0 Å². The van der Waals surface area contributed by atoms with Gasteiger partial charge in [-0.3, -0.25) is 4.68 Å². The van der Waals surface area contributed by atoms with Gasteiger partial charge in [0.15, 0.2) is 0 Å². The molecule has 0 aliphatic rings. The highest BCUT2D eigenvalue weighted by Gasteiger charge is 2.09. The molecule has 0 aliphatic heterocycles. The predicted molar refractivity (Wildman–Crippen MR) is 45.3 cm³/mol. The third kappa shape index (κ3) is 2.33. The van der Waals surface area contributed by atoms with E-state index in [2.05, 4.69) is 5.10 Å². The van der Waals surface area contributed by atoms with Crippen molar-refractivity contribution < 1.29 is 15.0 Å². The Hall–Kier alpha value is -1.78. The normalized spacial score (nSPS) is 11.6. The van der Waals surface area contributed by atoms with Crippen molar-refractivity contribution in [3.63, 3.8) is 0 Å². The lowest BCUT2D eigenvalue weighted by atomic mass is 10.1. The van der Waals surface area contributed by atoms with Crippen LogP contribution in [0.5, 0.6) is 0 Å². The first-order valence-corrected chi connectivity index (χ1v) is 3.67. The first-order chi connectivity index (χ1) is 6.13. The number of carboxylic acid groups (broad SMARTS) is 1. The molecule has 0 radical (unpaired) electrons. The minimum absolute atomic E-state index is 0.0481. The number of aliphatic carboxylic acids is 1. The molecule has 0 aliphatic carbocycles. The van der Waals surface area contributed by atoms with Gasteiger partial charge in [0.25, 0.3) is 0 Å². The zero-order chi connectivity index (χ0) is 9.84. The largest absolute Gasteiger partial charge is 0.515 e. The smallest absolute Gasteiger partial charge is 0.335 e. The van der Waals surface area contributed by atoms with Crippen molar-refractivity contribution in [3.05, 3.63) is 29.8 Å². The monoisotopic (exact) mass is 182 g/mol. The maximum absolute atomic E-state index is 10.5. The fourth-order valence-electron chi connectivity index (χ4n) is 0.960. The van der Waals surface area contributed by atoms with Crippen LogP contribution >= 0.6 is 0 Å². The van der Waals surface area contributed by atoms with Crippen LogP contribution in [0.25, 0.3) is 0 Å². The lowest BCUT2D eigenvalue weighted by Crippen LogP contribution is -2.03. The van der Waals surface area contributed by atoms with Crippen LogP contribution in [-0.2, 0) is 18.3 Å². The number of hydrogen-bond donors (Lipinski definition) is 2. The Morgan fingerprint density at radius 2 is 2.46 bits per heavy atom. The highest BCUT2D eigenvalue weighted by atomic mass is 16.4. The highest BCUT2D eigenvalue weighted by Crippen LogP contribution is 2.06. The molecule has 70 valence electrons. The Morgan fingerprint density at radius 1 is 1.77 bits per heavy atom. The first kappa shape index (κ1) is 9.31. The number of aliphatic hydroxyl groups excluding tert-OH is 1. The van der Waals surface area contributed by atoms with Crippen LogP contribution in [0.2, 0.25) is 0 Å². The molecule has 1 aromatic heterocycles. The van der Waals surface area contributed by atoms with Crippen molar-refractivity contribution in [2.24, 2.45) is 7.05 Å². The van der Waals surface area contributed by atoms with Gasteiger partial charge in [-0.15, -0.1) is 0 Å². The number of carbonyl (C=O) groups is 1. The van der Waals surface area contributed by atoms with Crippen LogP contribution in [0.3, 0.4) is 0 Å². The molecule has 1 rings (SSSR count). The second-order valence-corrected chi connectivity index (χ2v) is 2.66. The molecule has 0 amide bonds. The molecule has 0 bridgehead atoms. The molecule has 5 nitrogen and oxygen atoms in total. The second kappa shape index (κ2) is 3.75. The molecule has 2 N–H and O–H groups in total. The molecule has 0 saturated carbocycles. The van der Waals surface area contributed by atoms with E-state index >= 15 is 0 Å². The molecule has 13 heavy (non-hydrogen) atoms. The number of aromatic nitrogens is 2. The number of carboxylic acids is 1. The molecule has 1 aromatic rings. The summed E-state index contributed by atoms with van der Waals surface area (Å²) in [6.45, 7) is 0. The second-order valence-electron chi connectivity index (χ2n) is 2.66. The Morgan fingerprint density at radius 3 is 2.85 bits per heavy atom. The molecule has 1 heterocycles. The molecule has 0 unspecified atom stereocenters. The van der Waals surface area contributed by atoms with Gasteiger partial charge in [-0.1, -0.05) is 0 Å². The Labute approximate surface area is 74.9 Å². The van der Waals surface area contributed by atoms with Crippen molar-refractivity contribution in [1.82, 2.24) is 9.78 Å². The summed E-state index contributed by atoms with van der Waals surface area (Å²) in [5.41, 5.74) is 0.707. The van der Waals surface area contributed by atoms with E-state index in [-0.39, 0.29) is 12.0 Å². The van der Waals surface area contributed by atoms with Crippen LogP contribution in [-0.4, -0.2) is 26.0 Å². The third-order valence-corrected chi connectivity index (χ3v) is 1.58. The van der Waals surface area contributed by atoms with Gasteiger partial charge in [-0.05, 0) is 5.56 Å². The number of aliphatic hydroxyl groups is 1. The molecule has 0 fully saturated rings. The minimum Gasteiger partial charge on any atom is -0.515 e. The minimum atomic E-state index is -1.12. The topological polar surface area (TPSA) is 75.4 Å². The maximum Gasteiger partial charge on any atom is 0.335 e. The Balaban J connectivity index is 2.73. The number of aryl methyl sites for hydroxylation is 1. The summed E-state index contributed by atoms with van der Waals surface area (Å²) in [6, 6.07) is 0. The van der Waals surface area contributed by atoms with E-state index < -0.39 is 5.97 Å². The average Bonchev–Trinajstić information content (AvgIpc) is 2.46. The van der Waals surface area contributed by atoms with Crippen LogP contribution in [0.4, 0.5) is 0 Å². The molecular weight excluding hydrogens is 172 g/mol. The van der Waals surface area contributed by atoms with E-state index in [0.29, 0.717) is 6.26 Å². The number of rotatable bonds is 3. The van der Waals surface area contributed by atoms with Crippen molar-refractivity contribution in [2.75, 3.05) is 0 Å². The van der Waals surface area contributed by atoms with Gasteiger partial charge >= 0.3 is 5.97 Å². The van der Waals surface area contributed by atoms with E-state index in [0.717, 1.165) is 5.56 Å². The zero-order valence-corrected chi connectivity index (χ0v) is 7.14. The SMILES string of the molecule is Cn1cc(C/C(=C/O)C(=O)O)cn1. The van der Waals surface area contributed by atoms with Crippen molar-refractivity contribution in [2.45, 2.75) is 6.42 Å². The van der Waals surface area contributed by atoms with Gasteiger partial charge in [0.05, 0.1) is 18.0 Å². The summed E-state index contributed by atoms with van der Waals surface area (Å²) >= 11 is 0. The summed E-state index contributed by atoms with van der Waals surface area (Å²) in [6.07, 6.45) is 4.05. The van der Waals surface area contributed by atoms with Crippen LogP contribution in [0.15, 0.2) is 24.2 Å². The standard InChI is InChI=1S/C8H10N2O3/c1-10-4-6(3-9-10)2-7(5-11)8(12)13/h3-5,11H,2H2,1H3,(H,12,13)/b7-5-. The maximum atomic E-state index is 10.5. The average molecular weight is 182 g/mol. The Bertz CT molecular complexity index is 341. The van der Waals surface area contributed by atoms with E-state index in [9.17, 15) is 4.79 Å². The van der Waals surface area contributed by atoms with Crippen LogP contribution < -0.4 is 0 Å². The summed E-state index contributed by atoms with van der Waals surface area (Å²) < 4.78 is 1.58. The van der Waals surface area contributed by atoms with Crippen molar-refractivity contribution >= 4 is 5.97 Å². The van der Waals surface area contributed by atoms with Crippen LogP contribution in [0, 0.1) is 0 Å². The van der Waals surface area contributed by atoms with E-state index in [1.807, 2.05) is 0 Å². The van der Waals surface area contributed by atoms with E-state index in [1.165, 1.54) is 0 Å². The van der Waals surface area contributed by atoms with Gasteiger partial charge in [-0.25, -0.2) is 4.79 Å². The van der Waals surface area contributed by atoms with Gasteiger partial charge < -0.3 is 10.2 Å². The molecule has 0 atom stereocenters. The fourth-order valence-corrected chi connectivity index (χ4v) is 0.960. The molecule has 0 aromatic carbocycles. The van der Waals surface area contributed by atoms with Crippen LogP contribution in [0.1, 0.15) is 5.56 Å². The van der Waals surface area contributed by atoms with Gasteiger partial charge in [0.1, 0.15) is 0 Å². The summed E-state index contributed by atoms with van der Waals surface area (Å²) in [5, 5.41) is 21.1. The fraction of sp³-hybridized carbons (Fsp3) is 0.250. The Kier molecular flexibility index (Phi) is 2.69. The molecule has 0 saturated heterocycles. The number of nitrogens with zero attached hydrogens (tertiary/aromatic N) is 2. The third-order valence-electron chi connectivity index (χ3n) is 1.58. The van der Waals surface area contributed by atoms with Gasteiger partial charge in [0.2, 0.25) is 0 Å². The predicted octanol–water partition coefficient (Wildman–Crippen LogP) is 0.489. The summed E-state index contributed by atoms with van der Waals surface area (Å²) in [5.74, 6) is -1.12. The summed E-state index contributed by atoms with van der Waals surface area (Å²) in [7, 11) is 1.74. The molecule has 5 heteroatoms. The lowest BCUT2D eigenvalue weighted by molar-refractivity contribution is -0.132. The summed E-state index contributed by atoms with van der Waals surface area (Å²) in [4.78, 5) is 10.5. The zero-order valence-electron chi connectivity index (χ0n) is 7.14. The van der Waals surface area contributed by atoms with Gasteiger partial charge in [0, 0.05) is 19.7 Å². The lowest BCUT2D eigenvalue weighted by Gasteiger charge is -1.96. The van der Waals surface area contributed by atoms with Gasteiger partial charge in [-0.2, -0.15) is 5.10 Å². The first-order valence-electron chi connectivity index (χ1n) is 3.67. The highest BCUT2D eigenvalue weighted by molar-refractivity contribution is 5.86. The van der Waals surface area contributed by atoms with E-state index in [4.69, 9.17) is 10.2 Å². The number of hydrogen-bond acceptors (Lipinski definition) is 3. The van der Waals surface area contributed by atoms with Crippen molar-refractivity contribution in [3.8, 4) is 0 Å². The molecule has 0 spiro atoms. The quantitative estimate of drug-likeness (QED) is 0.527. The van der Waals surface area contributed by atoms with E-state index in [1.54, 1.807) is 24.1 Å². The molecular formula is C8H10N2O3.